The predicted molar refractivity (Wildman–Crippen MR) is 128 cm³/mol. The van der Waals surface area contributed by atoms with Gasteiger partial charge in [0.25, 0.3) is 0 Å². The van der Waals surface area contributed by atoms with Crippen LogP contribution in [0, 0.1) is 11.7 Å². The highest BCUT2D eigenvalue weighted by Crippen LogP contribution is 2.18. The lowest BCUT2D eigenvalue weighted by Gasteiger charge is -2.36. The third-order valence-corrected chi connectivity index (χ3v) is 6.63. The molecule has 0 saturated carbocycles. The lowest BCUT2D eigenvalue weighted by Crippen LogP contribution is -2.50. The maximum atomic E-state index is 13.1. The molecule has 0 radical (unpaired) electrons. The number of likely N-dealkylation sites (tertiary alicyclic amines) is 1. The second-order valence-corrected chi connectivity index (χ2v) is 8.94. The Morgan fingerprint density at radius 3 is 2.39 bits per heavy atom. The summed E-state index contributed by atoms with van der Waals surface area (Å²) in [5, 5.41) is 3.08. The molecule has 2 aromatic rings. The standard InChI is InChI=1S/C26H33FN4O2/c27-23-10-8-21(9-11-23)19-25(32)31-13-4-5-22(20-31)26(33)28-12-14-29-15-17-30(18-16-29)24-6-2-1-3-7-24/h1-3,6-11,22H,4-5,12-20H2,(H,28,33). The minimum absolute atomic E-state index is 0.00426. The molecule has 0 aliphatic carbocycles. The first-order valence-corrected chi connectivity index (χ1v) is 11.9. The van der Waals surface area contributed by atoms with E-state index in [0.29, 0.717) is 19.6 Å². The second kappa shape index (κ2) is 11.3. The molecule has 2 amide bonds. The second-order valence-electron chi connectivity index (χ2n) is 8.94. The van der Waals surface area contributed by atoms with Gasteiger partial charge < -0.3 is 15.1 Å². The average Bonchev–Trinajstić information content (AvgIpc) is 2.86. The molecule has 6 nitrogen and oxygen atoms in total. The van der Waals surface area contributed by atoms with Gasteiger partial charge in [-0.15, -0.1) is 0 Å². The zero-order valence-electron chi connectivity index (χ0n) is 19.1. The first kappa shape index (κ1) is 23.2. The number of rotatable bonds is 7. The Labute approximate surface area is 195 Å². The minimum atomic E-state index is -0.306. The largest absolute Gasteiger partial charge is 0.369 e. The molecule has 0 bridgehead atoms. The Hall–Kier alpha value is -2.93. The molecule has 1 unspecified atom stereocenters. The van der Waals surface area contributed by atoms with Crippen molar-refractivity contribution in [3.05, 3.63) is 66.0 Å². The van der Waals surface area contributed by atoms with Crippen molar-refractivity contribution in [1.29, 1.82) is 0 Å². The van der Waals surface area contributed by atoms with Gasteiger partial charge in [-0.05, 0) is 42.7 Å². The normalized spacial score (nSPS) is 19.4. The third kappa shape index (κ3) is 6.54. The van der Waals surface area contributed by atoms with E-state index >= 15 is 0 Å². The number of hydrogen-bond acceptors (Lipinski definition) is 4. The highest BCUT2D eigenvalue weighted by molar-refractivity contribution is 5.82. The summed E-state index contributed by atoms with van der Waals surface area (Å²) in [6.07, 6.45) is 1.88. The van der Waals surface area contributed by atoms with Crippen LogP contribution in [0.4, 0.5) is 10.1 Å². The fourth-order valence-electron chi connectivity index (χ4n) is 4.66. The smallest absolute Gasteiger partial charge is 0.227 e. The molecule has 7 heteroatoms. The van der Waals surface area contributed by atoms with E-state index in [1.807, 2.05) is 6.07 Å². The van der Waals surface area contributed by atoms with Crippen molar-refractivity contribution in [3.63, 3.8) is 0 Å². The van der Waals surface area contributed by atoms with Crippen LogP contribution in [0.3, 0.4) is 0 Å². The summed E-state index contributed by atoms with van der Waals surface area (Å²) in [6.45, 7) is 6.56. The minimum Gasteiger partial charge on any atom is -0.369 e. The summed E-state index contributed by atoms with van der Waals surface area (Å²) >= 11 is 0. The summed E-state index contributed by atoms with van der Waals surface area (Å²) in [4.78, 5) is 31.9. The fraction of sp³-hybridized carbons (Fsp3) is 0.462. The van der Waals surface area contributed by atoms with Gasteiger partial charge in [0, 0.05) is 58.0 Å². The number of piperazine rings is 1. The molecule has 2 aliphatic heterocycles. The molecule has 176 valence electrons. The van der Waals surface area contributed by atoms with Crippen LogP contribution >= 0.6 is 0 Å². The van der Waals surface area contributed by atoms with Crippen LogP contribution in [0.25, 0.3) is 0 Å². The molecule has 2 heterocycles. The molecule has 33 heavy (non-hydrogen) atoms. The average molecular weight is 453 g/mol. The van der Waals surface area contributed by atoms with Crippen LogP contribution in [0.1, 0.15) is 18.4 Å². The highest BCUT2D eigenvalue weighted by Gasteiger charge is 2.28. The Morgan fingerprint density at radius 2 is 1.67 bits per heavy atom. The van der Waals surface area contributed by atoms with Crippen molar-refractivity contribution in [3.8, 4) is 0 Å². The van der Waals surface area contributed by atoms with Gasteiger partial charge in [-0.1, -0.05) is 30.3 Å². The summed E-state index contributed by atoms with van der Waals surface area (Å²) in [5.41, 5.74) is 2.06. The molecule has 2 aromatic carbocycles. The number of nitrogens with zero attached hydrogens (tertiary/aromatic N) is 3. The van der Waals surface area contributed by atoms with E-state index in [4.69, 9.17) is 0 Å². The molecule has 4 rings (SSSR count). The highest BCUT2D eigenvalue weighted by atomic mass is 19.1. The lowest BCUT2D eigenvalue weighted by atomic mass is 9.96. The van der Waals surface area contributed by atoms with E-state index in [1.165, 1.54) is 17.8 Å². The molecule has 2 fully saturated rings. The van der Waals surface area contributed by atoms with Crippen LogP contribution in [0.15, 0.2) is 54.6 Å². The summed E-state index contributed by atoms with van der Waals surface area (Å²) in [7, 11) is 0. The molecular weight excluding hydrogens is 419 g/mol. The SMILES string of the molecule is O=C(NCCN1CCN(c2ccccc2)CC1)C1CCCN(C(=O)Cc2ccc(F)cc2)C1. The summed E-state index contributed by atoms with van der Waals surface area (Å²) in [5.74, 6) is -0.433. The number of benzene rings is 2. The van der Waals surface area contributed by atoms with E-state index in [2.05, 4.69) is 39.4 Å². The number of para-hydroxylation sites is 1. The van der Waals surface area contributed by atoms with Gasteiger partial charge in [-0.25, -0.2) is 4.39 Å². The summed E-state index contributed by atoms with van der Waals surface area (Å²) in [6, 6.07) is 16.5. The van der Waals surface area contributed by atoms with Crippen LogP contribution in [-0.4, -0.2) is 74.0 Å². The molecule has 0 spiro atoms. The monoisotopic (exact) mass is 452 g/mol. The first-order chi connectivity index (χ1) is 16.1. The number of hydrogen-bond donors (Lipinski definition) is 1. The van der Waals surface area contributed by atoms with Gasteiger partial charge in [-0.3, -0.25) is 14.5 Å². The Morgan fingerprint density at radius 1 is 0.939 bits per heavy atom. The van der Waals surface area contributed by atoms with Gasteiger partial charge >= 0.3 is 0 Å². The molecule has 1 atom stereocenters. The van der Waals surface area contributed by atoms with Crippen molar-refractivity contribution in [2.24, 2.45) is 5.92 Å². The van der Waals surface area contributed by atoms with Crippen LogP contribution in [0.5, 0.6) is 0 Å². The van der Waals surface area contributed by atoms with Crippen molar-refractivity contribution in [2.75, 3.05) is 57.3 Å². The van der Waals surface area contributed by atoms with E-state index in [0.717, 1.165) is 51.1 Å². The molecular formula is C26H33FN4O2. The third-order valence-electron chi connectivity index (χ3n) is 6.63. The number of piperidine rings is 1. The quantitative estimate of drug-likeness (QED) is 0.702. The molecule has 0 aromatic heterocycles. The van der Waals surface area contributed by atoms with Crippen LogP contribution < -0.4 is 10.2 Å². The van der Waals surface area contributed by atoms with Gasteiger partial charge in [0.1, 0.15) is 5.82 Å². The maximum Gasteiger partial charge on any atom is 0.227 e. The number of anilines is 1. The molecule has 2 aliphatic rings. The zero-order valence-corrected chi connectivity index (χ0v) is 19.1. The van der Waals surface area contributed by atoms with Crippen LogP contribution in [0.2, 0.25) is 0 Å². The van der Waals surface area contributed by atoms with E-state index in [9.17, 15) is 14.0 Å². The van der Waals surface area contributed by atoms with Gasteiger partial charge in [0.15, 0.2) is 0 Å². The van der Waals surface area contributed by atoms with Gasteiger partial charge in [0.05, 0.1) is 12.3 Å². The maximum absolute atomic E-state index is 13.1. The topological polar surface area (TPSA) is 55.9 Å². The number of carbonyl (C=O) groups is 2. The predicted octanol–water partition coefficient (Wildman–Crippen LogP) is 2.55. The van der Waals surface area contributed by atoms with Crippen molar-refractivity contribution < 1.29 is 14.0 Å². The number of halogens is 1. The zero-order chi connectivity index (χ0) is 23.0. The first-order valence-electron chi connectivity index (χ1n) is 11.9. The number of amides is 2. The Kier molecular flexibility index (Phi) is 7.94. The lowest BCUT2D eigenvalue weighted by molar-refractivity contribution is -0.135. The number of nitrogens with one attached hydrogen (secondary N) is 1. The van der Waals surface area contributed by atoms with E-state index < -0.39 is 0 Å². The van der Waals surface area contributed by atoms with Crippen molar-refractivity contribution >= 4 is 17.5 Å². The Balaban J connectivity index is 1.16. The van der Waals surface area contributed by atoms with Crippen molar-refractivity contribution in [1.82, 2.24) is 15.1 Å². The number of carbonyl (C=O) groups excluding carboxylic acids is 2. The van der Waals surface area contributed by atoms with Crippen LogP contribution in [-0.2, 0) is 16.0 Å². The van der Waals surface area contributed by atoms with Gasteiger partial charge in [-0.2, -0.15) is 0 Å². The van der Waals surface area contributed by atoms with E-state index in [-0.39, 0.29) is 30.0 Å². The fourth-order valence-corrected chi connectivity index (χ4v) is 4.66. The molecule has 1 N–H and O–H groups in total. The van der Waals surface area contributed by atoms with Crippen molar-refractivity contribution in [2.45, 2.75) is 19.3 Å². The van der Waals surface area contributed by atoms with E-state index in [1.54, 1.807) is 17.0 Å². The summed E-state index contributed by atoms with van der Waals surface area (Å²) < 4.78 is 13.1. The molecule has 2 saturated heterocycles. The van der Waals surface area contributed by atoms with Gasteiger partial charge in [0.2, 0.25) is 11.8 Å². The Bertz CT molecular complexity index is 914.